The first-order valence-corrected chi connectivity index (χ1v) is 9.14. The van der Waals surface area contributed by atoms with Gasteiger partial charge in [0, 0.05) is 12.6 Å². The minimum absolute atomic E-state index is 0.240. The fourth-order valence-electron chi connectivity index (χ4n) is 3.35. The molecule has 0 radical (unpaired) electrons. The Morgan fingerprint density at radius 1 is 1.13 bits per heavy atom. The van der Waals surface area contributed by atoms with Crippen molar-refractivity contribution in [2.75, 3.05) is 26.3 Å². The van der Waals surface area contributed by atoms with Crippen LogP contribution in [-0.4, -0.2) is 36.3 Å². The van der Waals surface area contributed by atoms with Crippen LogP contribution < -0.4 is 4.74 Å². The van der Waals surface area contributed by atoms with Gasteiger partial charge in [0.05, 0.1) is 6.61 Å². The number of hydrogen-bond donors (Lipinski definition) is 1. The number of hydrogen-bond acceptors (Lipinski definition) is 3. The Morgan fingerprint density at radius 2 is 1.83 bits per heavy atom. The van der Waals surface area contributed by atoms with Gasteiger partial charge in [-0.3, -0.25) is 4.90 Å². The van der Waals surface area contributed by atoms with Gasteiger partial charge in [0.15, 0.2) is 0 Å². The highest BCUT2D eigenvalue weighted by Crippen LogP contribution is 2.34. The average Bonchev–Trinajstić information content (AvgIpc) is 3.04. The van der Waals surface area contributed by atoms with Crippen molar-refractivity contribution in [3.63, 3.8) is 0 Å². The third-order valence-electron chi connectivity index (χ3n) is 4.60. The molecular weight excluding hydrogens is 286 g/mol. The van der Waals surface area contributed by atoms with Crippen molar-refractivity contribution in [1.29, 1.82) is 0 Å². The molecule has 3 nitrogen and oxygen atoms in total. The Hall–Kier alpha value is -1.06. The summed E-state index contributed by atoms with van der Waals surface area (Å²) < 4.78 is 6.02. The largest absolute Gasteiger partial charge is 0.493 e. The van der Waals surface area contributed by atoms with E-state index < -0.39 is 0 Å². The van der Waals surface area contributed by atoms with Crippen LogP contribution in [0.5, 0.6) is 5.75 Å². The molecule has 3 heteroatoms. The van der Waals surface area contributed by atoms with Gasteiger partial charge in [-0.05, 0) is 61.4 Å². The lowest BCUT2D eigenvalue weighted by Gasteiger charge is -2.28. The molecule has 0 spiro atoms. The SMILES string of the molecule is CC(C)COc1ccc(C(CCO)N2CCCC2)cc1C(C)C. The average molecular weight is 319 g/mol. The van der Waals surface area contributed by atoms with Gasteiger partial charge in [-0.1, -0.05) is 39.8 Å². The first-order chi connectivity index (χ1) is 11.0. The zero-order chi connectivity index (χ0) is 16.8. The Bertz CT molecular complexity index is 479. The fourth-order valence-corrected chi connectivity index (χ4v) is 3.35. The number of benzene rings is 1. The summed E-state index contributed by atoms with van der Waals surface area (Å²) in [5.41, 5.74) is 2.60. The third-order valence-corrected chi connectivity index (χ3v) is 4.60. The second-order valence-electron chi connectivity index (χ2n) is 7.43. The van der Waals surface area contributed by atoms with Crippen molar-refractivity contribution in [3.05, 3.63) is 29.3 Å². The lowest BCUT2D eigenvalue weighted by molar-refractivity contribution is 0.185. The Morgan fingerprint density at radius 3 is 2.39 bits per heavy atom. The first kappa shape index (κ1) is 18.3. The maximum absolute atomic E-state index is 9.49. The van der Waals surface area contributed by atoms with E-state index >= 15 is 0 Å². The van der Waals surface area contributed by atoms with Gasteiger partial charge in [-0.15, -0.1) is 0 Å². The molecule has 1 aliphatic heterocycles. The normalized spacial score (nSPS) is 17.2. The summed E-state index contributed by atoms with van der Waals surface area (Å²) in [5.74, 6) is 1.98. The molecule has 1 aromatic rings. The molecule has 1 aromatic carbocycles. The highest BCUT2D eigenvalue weighted by atomic mass is 16.5. The van der Waals surface area contributed by atoms with Crippen LogP contribution >= 0.6 is 0 Å². The van der Waals surface area contributed by atoms with Gasteiger partial charge in [-0.25, -0.2) is 0 Å². The molecule has 1 aliphatic rings. The summed E-state index contributed by atoms with van der Waals surface area (Å²) >= 11 is 0. The molecule has 0 saturated carbocycles. The van der Waals surface area contributed by atoms with Crippen molar-refractivity contribution in [1.82, 2.24) is 4.90 Å². The molecule has 0 aromatic heterocycles. The topological polar surface area (TPSA) is 32.7 Å². The zero-order valence-electron chi connectivity index (χ0n) is 15.2. The van der Waals surface area contributed by atoms with Crippen molar-refractivity contribution in [2.24, 2.45) is 5.92 Å². The number of nitrogens with zero attached hydrogens (tertiary/aromatic N) is 1. The fraction of sp³-hybridized carbons (Fsp3) is 0.700. The maximum atomic E-state index is 9.49. The Balaban J connectivity index is 2.24. The van der Waals surface area contributed by atoms with Crippen LogP contribution in [0.4, 0.5) is 0 Å². The molecule has 0 amide bonds. The van der Waals surface area contributed by atoms with Crippen molar-refractivity contribution >= 4 is 0 Å². The Labute approximate surface area is 141 Å². The Kier molecular flexibility index (Phi) is 6.91. The summed E-state index contributed by atoms with van der Waals surface area (Å²) in [5, 5.41) is 9.49. The minimum Gasteiger partial charge on any atom is -0.493 e. The zero-order valence-corrected chi connectivity index (χ0v) is 15.2. The van der Waals surface area contributed by atoms with Crippen LogP contribution in [0.15, 0.2) is 18.2 Å². The molecule has 1 heterocycles. The van der Waals surface area contributed by atoms with E-state index in [4.69, 9.17) is 4.74 Å². The molecule has 1 atom stereocenters. The summed E-state index contributed by atoms with van der Waals surface area (Å²) in [7, 11) is 0. The van der Waals surface area contributed by atoms with Crippen LogP contribution in [0.2, 0.25) is 0 Å². The van der Waals surface area contributed by atoms with Gasteiger partial charge in [-0.2, -0.15) is 0 Å². The first-order valence-electron chi connectivity index (χ1n) is 9.14. The summed E-state index contributed by atoms with van der Waals surface area (Å²) in [6.45, 7) is 12.1. The highest BCUT2D eigenvalue weighted by Gasteiger charge is 2.24. The number of ether oxygens (including phenoxy) is 1. The number of likely N-dealkylation sites (tertiary alicyclic amines) is 1. The van der Waals surface area contributed by atoms with Crippen LogP contribution in [0.25, 0.3) is 0 Å². The standard InChI is InChI=1S/C20H33NO2/c1-15(2)14-23-20-8-7-17(13-18(20)16(3)4)19(9-12-22)21-10-5-6-11-21/h7-8,13,15-16,19,22H,5-6,9-12,14H2,1-4H3. The van der Waals surface area contributed by atoms with Gasteiger partial charge in [0.2, 0.25) is 0 Å². The van der Waals surface area contributed by atoms with Gasteiger partial charge < -0.3 is 9.84 Å². The van der Waals surface area contributed by atoms with E-state index in [0.717, 1.165) is 31.9 Å². The van der Waals surface area contributed by atoms with Gasteiger partial charge in [0.25, 0.3) is 0 Å². The molecule has 1 saturated heterocycles. The predicted molar refractivity (Wildman–Crippen MR) is 96.1 cm³/mol. The predicted octanol–water partition coefficient (Wildman–Crippen LogP) is 4.36. The van der Waals surface area contributed by atoms with Crippen LogP contribution in [-0.2, 0) is 0 Å². The lowest BCUT2D eigenvalue weighted by Crippen LogP contribution is -2.26. The van der Waals surface area contributed by atoms with Gasteiger partial charge in [0.1, 0.15) is 5.75 Å². The van der Waals surface area contributed by atoms with E-state index in [1.807, 2.05) is 0 Å². The summed E-state index contributed by atoms with van der Waals surface area (Å²) in [6.07, 6.45) is 3.35. The van der Waals surface area contributed by atoms with E-state index in [1.54, 1.807) is 0 Å². The molecule has 1 unspecified atom stereocenters. The maximum Gasteiger partial charge on any atom is 0.122 e. The number of aliphatic hydroxyl groups excluding tert-OH is 1. The van der Waals surface area contributed by atoms with Crippen molar-refractivity contribution in [2.45, 2.75) is 58.9 Å². The molecule has 23 heavy (non-hydrogen) atoms. The van der Waals surface area contributed by atoms with E-state index in [2.05, 4.69) is 50.8 Å². The van der Waals surface area contributed by atoms with Crippen LogP contribution in [0.1, 0.15) is 70.0 Å². The molecule has 1 fully saturated rings. The van der Waals surface area contributed by atoms with Gasteiger partial charge >= 0.3 is 0 Å². The van der Waals surface area contributed by atoms with Crippen molar-refractivity contribution in [3.8, 4) is 5.75 Å². The molecule has 2 rings (SSSR count). The number of aliphatic hydroxyl groups is 1. The molecule has 130 valence electrons. The summed E-state index contributed by atoms with van der Waals surface area (Å²) in [4.78, 5) is 2.52. The second-order valence-corrected chi connectivity index (χ2v) is 7.43. The van der Waals surface area contributed by atoms with E-state index in [1.165, 1.54) is 24.0 Å². The molecule has 1 N–H and O–H groups in total. The molecular formula is C20H33NO2. The third kappa shape index (κ3) is 4.95. The lowest BCUT2D eigenvalue weighted by atomic mass is 9.94. The van der Waals surface area contributed by atoms with Crippen molar-refractivity contribution < 1.29 is 9.84 Å². The van der Waals surface area contributed by atoms with E-state index in [0.29, 0.717) is 17.9 Å². The quantitative estimate of drug-likeness (QED) is 0.772. The van der Waals surface area contributed by atoms with Crippen LogP contribution in [0.3, 0.4) is 0 Å². The highest BCUT2D eigenvalue weighted by molar-refractivity contribution is 5.40. The second kappa shape index (κ2) is 8.70. The molecule has 0 aliphatic carbocycles. The van der Waals surface area contributed by atoms with E-state index in [9.17, 15) is 5.11 Å². The minimum atomic E-state index is 0.240. The van der Waals surface area contributed by atoms with E-state index in [-0.39, 0.29) is 6.61 Å². The smallest absolute Gasteiger partial charge is 0.122 e. The van der Waals surface area contributed by atoms with Crippen LogP contribution in [0, 0.1) is 5.92 Å². The summed E-state index contributed by atoms with van der Waals surface area (Å²) in [6, 6.07) is 6.96. The number of rotatable bonds is 8. The molecule has 0 bridgehead atoms. The monoisotopic (exact) mass is 319 g/mol.